The Kier molecular flexibility index (Phi) is 10.2. The largest absolute Gasteiger partial charge is 0.420 e. The van der Waals surface area contributed by atoms with Crippen LogP contribution in [0.3, 0.4) is 0 Å². The van der Waals surface area contributed by atoms with E-state index in [-0.39, 0.29) is 0 Å². The molecule has 0 rings (SSSR count). The Labute approximate surface area is 110 Å². The van der Waals surface area contributed by atoms with Crippen LogP contribution in [0.25, 0.3) is 0 Å². The van der Waals surface area contributed by atoms with Gasteiger partial charge in [0.05, 0.1) is 0 Å². The van der Waals surface area contributed by atoms with Crippen LogP contribution in [0.4, 0.5) is 0 Å². The van der Waals surface area contributed by atoms with Crippen molar-refractivity contribution in [2.24, 2.45) is 5.92 Å². The van der Waals surface area contributed by atoms with Crippen LogP contribution in [0.5, 0.6) is 0 Å². The number of rotatable bonds is 11. The van der Waals surface area contributed by atoms with Crippen LogP contribution >= 0.6 is 0 Å². The minimum Gasteiger partial charge on any atom is -0.420 e. The van der Waals surface area contributed by atoms with E-state index in [1.807, 2.05) is 7.11 Å². The molecule has 0 heterocycles. The molecule has 0 N–H and O–H groups in total. The quantitative estimate of drug-likeness (QED) is 0.345. The van der Waals surface area contributed by atoms with Crippen molar-refractivity contribution in [2.75, 3.05) is 7.11 Å². The van der Waals surface area contributed by atoms with Crippen LogP contribution in [0.2, 0.25) is 18.1 Å². The van der Waals surface area contributed by atoms with Gasteiger partial charge in [0.2, 0.25) is 0 Å². The summed E-state index contributed by atoms with van der Waals surface area (Å²) < 4.78 is 6.08. The molecule has 0 radical (unpaired) electrons. The van der Waals surface area contributed by atoms with Gasteiger partial charge in [-0.25, -0.2) is 0 Å². The minimum absolute atomic E-state index is 0.796. The van der Waals surface area contributed by atoms with Gasteiger partial charge in [-0.05, 0) is 24.1 Å². The summed E-state index contributed by atoms with van der Waals surface area (Å²) in [6.07, 6.45) is 8.18. The van der Waals surface area contributed by atoms with E-state index in [1.54, 1.807) is 0 Å². The molecule has 0 unspecified atom stereocenters. The number of hydrogen-bond donors (Lipinski definition) is 0. The Bertz CT molecular complexity index is 158. The van der Waals surface area contributed by atoms with Crippen molar-refractivity contribution >= 4 is 8.32 Å². The van der Waals surface area contributed by atoms with E-state index in [0.717, 1.165) is 5.92 Å². The maximum Gasteiger partial charge on any atom is 0.192 e. The third-order valence-electron chi connectivity index (χ3n) is 3.69. The van der Waals surface area contributed by atoms with Gasteiger partial charge in [0.25, 0.3) is 0 Å². The average molecular weight is 259 g/mol. The zero-order valence-electron chi connectivity index (χ0n) is 12.8. The second kappa shape index (κ2) is 10.1. The lowest BCUT2D eigenvalue weighted by atomic mass is 10.3. The molecule has 0 atom stereocenters. The average Bonchev–Trinajstić information content (AvgIpc) is 2.28. The Morgan fingerprint density at radius 1 is 0.882 bits per heavy atom. The van der Waals surface area contributed by atoms with Crippen LogP contribution in [0.1, 0.15) is 66.2 Å². The fourth-order valence-electron chi connectivity index (χ4n) is 2.75. The topological polar surface area (TPSA) is 9.23 Å². The molecule has 0 aromatic rings. The first-order valence-corrected chi connectivity index (χ1v) is 10.2. The van der Waals surface area contributed by atoms with E-state index in [0.29, 0.717) is 0 Å². The van der Waals surface area contributed by atoms with Crippen molar-refractivity contribution in [3.63, 3.8) is 0 Å². The van der Waals surface area contributed by atoms with Gasteiger partial charge in [0, 0.05) is 7.11 Å². The lowest BCUT2D eigenvalue weighted by molar-refractivity contribution is 0.376. The van der Waals surface area contributed by atoms with Crippen molar-refractivity contribution < 1.29 is 4.43 Å². The standard InChI is InChI=1S/C15H34OSi/c1-6-8-10-12-17(16-5,14-15(3)4)13-11-9-7-2/h15H,6-14H2,1-5H3. The van der Waals surface area contributed by atoms with Gasteiger partial charge < -0.3 is 4.43 Å². The summed E-state index contributed by atoms with van der Waals surface area (Å²) in [6.45, 7) is 9.27. The fraction of sp³-hybridized carbons (Fsp3) is 1.00. The van der Waals surface area contributed by atoms with E-state index in [1.165, 1.54) is 56.7 Å². The smallest absolute Gasteiger partial charge is 0.192 e. The summed E-state index contributed by atoms with van der Waals surface area (Å²) in [5.41, 5.74) is 0. The zero-order chi connectivity index (χ0) is 13.1. The van der Waals surface area contributed by atoms with Crippen molar-refractivity contribution in [3.8, 4) is 0 Å². The molecule has 0 bridgehead atoms. The Balaban J connectivity index is 4.28. The van der Waals surface area contributed by atoms with Gasteiger partial charge in [-0.2, -0.15) is 0 Å². The molecule has 0 aliphatic heterocycles. The SMILES string of the molecule is CCCCC[Si](CCCCC)(CC(C)C)OC. The van der Waals surface area contributed by atoms with E-state index in [2.05, 4.69) is 27.7 Å². The van der Waals surface area contributed by atoms with Crippen LogP contribution < -0.4 is 0 Å². The van der Waals surface area contributed by atoms with E-state index >= 15 is 0 Å². The van der Waals surface area contributed by atoms with Crippen molar-refractivity contribution in [3.05, 3.63) is 0 Å². The van der Waals surface area contributed by atoms with Gasteiger partial charge in [0.15, 0.2) is 8.32 Å². The predicted octanol–water partition coefficient (Wildman–Crippen LogP) is 5.61. The fourth-order valence-corrected chi connectivity index (χ4v) is 7.26. The molecule has 0 aromatic carbocycles. The maximum absolute atomic E-state index is 6.08. The molecule has 1 nitrogen and oxygen atoms in total. The molecular formula is C15H34OSi. The molecule has 104 valence electrons. The first-order chi connectivity index (χ1) is 8.10. The van der Waals surface area contributed by atoms with Gasteiger partial charge >= 0.3 is 0 Å². The van der Waals surface area contributed by atoms with Crippen LogP contribution in [0.15, 0.2) is 0 Å². The van der Waals surface area contributed by atoms with Gasteiger partial charge in [-0.3, -0.25) is 0 Å². The van der Waals surface area contributed by atoms with E-state index < -0.39 is 8.32 Å². The van der Waals surface area contributed by atoms with Gasteiger partial charge in [-0.1, -0.05) is 66.2 Å². The summed E-state index contributed by atoms with van der Waals surface area (Å²) in [5.74, 6) is 0.796. The van der Waals surface area contributed by atoms with E-state index in [9.17, 15) is 0 Å². The Morgan fingerprint density at radius 3 is 1.65 bits per heavy atom. The number of unbranched alkanes of at least 4 members (excludes halogenated alkanes) is 4. The third kappa shape index (κ3) is 7.99. The first kappa shape index (κ1) is 17.2. The second-order valence-corrected chi connectivity index (χ2v) is 10.1. The molecule has 0 spiro atoms. The normalized spacial score (nSPS) is 12.4. The second-order valence-electron chi connectivity index (χ2n) is 5.90. The lowest BCUT2D eigenvalue weighted by Crippen LogP contribution is -2.38. The summed E-state index contributed by atoms with van der Waals surface area (Å²) in [7, 11) is 0.572. The number of hydrogen-bond acceptors (Lipinski definition) is 1. The predicted molar refractivity (Wildman–Crippen MR) is 81.1 cm³/mol. The van der Waals surface area contributed by atoms with Gasteiger partial charge in [0.1, 0.15) is 0 Å². The molecule has 0 saturated heterocycles. The first-order valence-electron chi connectivity index (χ1n) is 7.65. The summed E-state index contributed by atoms with van der Waals surface area (Å²) >= 11 is 0. The maximum atomic E-state index is 6.08. The highest BCUT2D eigenvalue weighted by Gasteiger charge is 2.33. The molecule has 0 fully saturated rings. The highest BCUT2D eigenvalue weighted by atomic mass is 28.4. The zero-order valence-corrected chi connectivity index (χ0v) is 13.8. The van der Waals surface area contributed by atoms with Crippen molar-refractivity contribution in [1.29, 1.82) is 0 Å². The van der Waals surface area contributed by atoms with Gasteiger partial charge in [-0.15, -0.1) is 0 Å². The minimum atomic E-state index is -1.41. The molecule has 17 heavy (non-hydrogen) atoms. The van der Waals surface area contributed by atoms with Crippen LogP contribution in [-0.4, -0.2) is 15.4 Å². The van der Waals surface area contributed by atoms with E-state index in [4.69, 9.17) is 4.43 Å². The Hall–Kier alpha value is 0.177. The molecule has 0 aliphatic carbocycles. The van der Waals surface area contributed by atoms with Crippen LogP contribution in [0, 0.1) is 5.92 Å². The summed E-state index contributed by atoms with van der Waals surface area (Å²) in [6, 6.07) is 4.13. The molecule has 0 aromatic heterocycles. The Morgan fingerprint density at radius 2 is 1.35 bits per heavy atom. The molecule has 0 aliphatic rings. The molecule has 0 amide bonds. The van der Waals surface area contributed by atoms with Crippen LogP contribution in [-0.2, 0) is 4.43 Å². The lowest BCUT2D eigenvalue weighted by Gasteiger charge is -2.31. The third-order valence-corrected chi connectivity index (χ3v) is 8.64. The summed E-state index contributed by atoms with van der Waals surface area (Å²) in [4.78, 5) is 0. The van der Waals surface area contributed by atoms with Crippen molar-refractivity contribution in [2.45, 2.75) is 84.4 Å². The molecular weight excluding hydrogens is 224 g/mol. The van der Waals surface area contributed by atoms with Crippen molar-refractivity contribution in [1.82, 2.24) is 0 Å². The molecule has 0 saturated carbocycles. The molecule has 2 heteroatoms. The summed E-state index contributed by atoms with van der Waals surface area (Å²) in [5, 5.41) is 0. The highest BCUT2D eigenvalue weighted by molar-refractivity contribution is 6.73. The highest BCUT2D eigenvalue weighted by Crippen LogP contribution is 2.30. The monoisotopic (exact) mass is 258 g/mol.